The fraction of sp³-hybridized carbons (Fsp3) is 0.417. The van der Waals surface area contributed by atoms with Crippen LogP contribution in [0.3, 0.4) is 0 Å². The summed E-state index contributed by atoms with van der Waals surface area (Å²) in [6.07, 6.45) is 3.35. The molecule has 0 unspecified atom stereocenters. The minimum absolute atomic E-state index is 0.133. The molecule has 0 aliphatic rings. The molecule has 3 heteroatoms. The van der Waals surface area contributed by atoms with Crippen molar-refractivity contribution in [2.75, 3.05) is 7.11 Å². The fourth-order valence-electron chi connectivity index (χ4n) is 1.35. The number of carbonyl (C=O) groups is 1. The second-order valence-corrected chi connectivity index (χ2v) is 3.85. The van der Waals surface area contributed by atoms with Gasteiger partial charge in [0.05, 0.1) is 7.11 Å². The molecule has 0 atom stereocenters. The second kappa shape index (κ2) is 6.46. The number of aryl methyl sites for hydroxylation is 1. The summed E-state index contributed by atoms with van der Waals surface area (Å²) < 4.78 is 4.56. The third-order valence-electron chi connectivity index (χ3n) is 2.24. The van der Waals surface area contributed by atoms with Crippen LogP contribution in [-0.2, 0) is 16.0 Å². The summed E-state index contributed by atoms with van der Waals surface area (Å²) in [5.41, 5.74) is 1.25. The van der Waals surface area contributed by atoms with Crippen molar-refractivity contribution in [2.45, 2.75) is 25.7 Å². The summed E-state index contributed by atoms with van der Waals surface area (Å²) in [6, 6.07) is 7.80. The molecular weight excluding hydrogens is 212 g/mol. The van der Waals surface area contributed by atoms with Gasteiger partial charge in [0.1, 0.15) is 0 Å². The van der Waals surface area contributed by atoms with E-state index in [-0.39, 0.29) is 5.97 Å². The Kier molecular flexibility index (Phi) is 5.19. The van der Waals surface area contributed by atoms with Crippen LogP contribution < -0.4 is 0 Å². The van der Waals surface area contributed by atoms with Crippen LogP contribution in [0.15, 0.2) is 24.3 Å². The zero-order chi connectivity index (χ0) is 11.1. The monoisotopic (exact) mass is 226 g/mol. The molecule has 0 N–H and O–H groups in total. The van der Waals surface area contributed by atoms with Gasteiger partial charge < -0.3 is 4.74 Å². The smallest absolute Gasteiger partial charge is 0.305 e. The molecule has 0 aliphatic carbocycles. The Bertz CT molecular complexity index is 306. The van der Waals surface area contributed by atoms with E-state index in [0.717, 1.165) is 24.3 Å². The molecule has 0 radical (unpaired) electrons. The summed E-state index contributed by atoms with van der Waals surface area (Å²) in [4.78, 5) is 10.8. The summed E-state index contributed by atoms with van der Waals surface area (Å²) in [5, 5.41) is 0.758. The second-order valence-electron chi connectivity index (χ2n) is 3.41. The van der Waals surface area contributed by atoms with Gasteiger partial charge >= 0.3 is 5.97 Å². The Labute approximate surface area is 95.2 Å². The van der Waals surface area contributed by atoms with Gasteiger partial charge in [0, 0.05) is 11.4 Å². The molecule has 15 heavy (non-hydrogen) atoms. The van der Waals surface area contributed by atoms with Gasteiger partial charge in [0.2, 0.25) is 0 Å². The van der Waals surface area contributed by atoms with Crippen LogP contribution >= 0.6 is 11.6 Å². The number of hydrogen-bond acceptors (Lipinski definition) is 2. The standard InChI is InChI=1S/C12H15ClO2/c1-15-12(14)5-3-2-4-10-6-8-11(13)9-7-10/h6-9H,2-5H2,1H3. The van der Waals surface area contributed by atoms with Crippen LogP contribution in [-0.4, -0.2) is 13.1 Å². The Hall–Kier alpha value is -1.02. The highest BCUT2D eigenvalue weighted by Crippen LogP contribution is 2.12. The number of halogens is 1. The van der Waals surface area contributed by atoms with Gasteiger partial charge in [0.15, 0.2) is 0 Å². The van der Waals surface area contributed by atoms with Gasteiger partial charge in [-0.1, -0.05) is 23.7 Å². The van der Waals surface area contributed by atoms with Gasteiger partial charge in [-0.15, -0.1) is 0 Å². The molecule has 0 aromatic heterocycles. The largest absolute Gasteiger partial charge is 0.469 e. The van der Waals surface area contributed by atoms with E-state index in [9.17, 15) is 4.79 Å². The average Bonchev–Trinajstić information content (AvgIpc) is 2.26. The van der Waals surface area contributed by atoms with Crippen LogP contribution in [0.2, 0.25) is 5.02 Å². The van der Waals surface area contributed by atoms with Crippen molar-refractivity contribution in [3.63, 3.8) is 0 Å². The number of rotatable bonds is 5. The quantitative estimate of drug-likeness (QED) is 0.569. The van der Waals surface area contributed by atoms with E-state index in [1.807, 2.05) is 24.3 Å². The number of methoxy groups -OCH3 is 1. The molecule has 0 aliphatic heterocycles. The minimum Gasteiger partial charge on any atom is -0.469 e. The zero-order valence-electron chi connectivity index (χ0n) is 8.83. The van der Waals surface area contributed by atoms with Gasteiger partial charge in [0.25, 0.3) is 0 Å². The van der Waals surface area contributed by atoms with Crippen molar-refractivity contribution < 1.29 is 9.53 Å². The van der Waals surface area contributed by atoms with Crippen molar-refractivity contribution in [3.8, 4) is 0 Å². The Morgan fingerprint density at radius 1 is 1.27 bits per heavy atom. The van der Waals surface area contributed by atoms with Gasteiger partial charge in [-0.3, -0.25) is 4.79 Å². The Morgan fingerprint density at radius 3 is 2.53 bits per heavy atom. The van der Waals surface area contributed by atoms with Crippen molar-refractivity contribution in [1.82, 2.24) is 0 Å². The molecule has 0 fully saturated rings. The van der Waals surface area contributed by atoms with Gasteiger partial charge in [-0.2, -0.15) is 0 Å². The van der Waals surface area contributed by atoms with Crippen LogP contribution in [0.5, 0.6) is 0 Å². The predicted octanol–water partition coefficient (Wildman–Crippen LogP) is 3.23. The lowest BCUT2D eigenvalue weighted by atomic mass is 10.1. The molecule has 0 amide bonds. The SMILES string of the molecule is COC(=O)CCCCc1ccc(Cl)cc1. The van der Waals surface area contributed by atoms with Crippen LogP contribution in [0, 0.1) is 0 Å². The van der Waals surface area contributed by atoms with Crippen molar-refractivity contribution >= 4 is 17.6 Å². The molecule has 0 spiro atoms. The first-order valence-electron chi connectivity index (χ1n) is 5.03. The predicted molar refractivity (Wildman–Crippen MR) is 61.0 cm³/mol. The topological polar surface area (TPSA) is 26.3 Å². The summed E-state index contributed by atoms with van der Waals surface area (Å²) in [5.74, 6) is -0.133. The van der Waals surface area contributed by atoms with E-state index in [2.05, 4.69) is 4.74 Å². The number of carbonyl (C=O) groups excluding carboxylic acids is 1. The summed E-state index contributed by atoms with van der Waals surface area (Å²) >= 11 is 5.77. The minimum atomic E-state index is -0.133. The van der Waals surface area contributed by atoms with E-state index >= 15 is 0 Å². The third kappa shape index (κ3) is 4.84. The third-order valence-corrected chi connectivity index (χ3v) is 2.49. The molecule has 0 saturated heterocycles. The maximum absolute atomic E-state index is 10.8. The molecule has 1 rings (SSSR count). The molecule has 2 nitrogen and oxygen atoms in total. The highest BCUT2D eigenvalue weighted by molar-refractivity contribution is 6.30. The molecule has 1 aromatic rings. The highest BCUT2D eigenvalue weighted by atomic mass is 35.5. The first-order valence-corrected chi connectivity index (χ1v) is 5.41. The number of ether oxygens (including phenoxy) is 1. The Morgan fingerprint density at radius 2 is 1.93 bits per heavy atom. The molecule has 0 saturated carbocycles. The van der Waals surface area contributed by atoms with E-state index < -0.39 is 0 Å². The van der Waals surface area contributed by atoms with E-state index in [1.54, 1.807) is 0 Å². The van der Waals surface area contributed by atoms with E-state index in [0.29, 0.717) is 6.42 Å². The average molecular weight is 227 g/mol. The maximum atomic E-state index is 10.8. The molecule has 1 aromatic carbocycles. The Balaban J connectivity index is 2.20. The fourth-order valence-corrected chi connectivity index (χ4v) is 1.48. The van der Waals surface area contributed by atoms with Gasteiger partial charge in [-0.05, 0) is 37.0 Å². The van der Waals surface area contributed by atoms with Crippen molar-refractivity contribution in [3.05, 3.63) is 34.9 Å². The van der Waals surface area contributed by atoms with Crippen LogP contribution in [0.25, 0.3) is 0 Å². The number of esters is 1. The van der Waals surface area contributed by atoms with Crippen LogP contribution in [0.4, 0.5) is 0 Å². The molecule has 82 valence electrons. The van der Waals surface area contributed by atoms with Crippen LogP contribution in [0.1, 0.15) is 24.8 Å². The van der Waals surface area contributed by atoms with Crippen molar-refractivity contribution in [1.29, 1.82) is 0 Å². The lowest BCUT2D eigenvalue weighted by Gasteiger charge is -2.01. The molecular formula is C12H15ClO2. The maximum Gasteiger partial charge on any atom is 0.305 e. The number of hydrogen-bond donors (Lipinski definition) is 0. The lowest BCUT2D eigenvalue weighted by molar-refractivity contribution is -0.140. The first kappa shape index (κ1) is 12.1. The van der Waals surface area contributed by atoms with E-state index in [1.165, 1.54) is 12.7 Å². The van der Waals surface area contributed by atoms with Gasteiger partial charge in [-0.25, -0.2) is 0 Å². The first-order chi connectivity index (χ1) is 7.22. The van der Waals surface area contributed by atoms with E-state index in [4.69, 9.17) is 11.6 Å². The summed E-state index contributed by atoms with van der Waals surface area (Å²) in [6.45, 7) is 0. The lowest BCUT2D eigenvalue weighted by Crippen LogP contribution is -1.99. The number of benzene rings is 1. The normalized spacial score (nSPS) is 10.0. The van der Waals surface area contributed by atoms with Crippen molar-refractivity contribution in [2.24, 2.45) is 0 Å². The molecule has 0 heterocycles. The number of unbranched alkanes of at least 4 members (excludes halogenated alkanes) is 1. The molecule has 0 bridgehead atoms. The summed E-state index contributed by atoms with van der Waals surface area (Å²) in [7, 11) is 1.42. The highest BCUT2D eigenvalue weighted by Gasteiger charge is 1.99. The zero-order valence-corrected chi connectivity index (χ0v) is 9.59.